The molecular weight excluding hydrogens is 400 g/mol. The number of nitrogens with zero attached hydrogens (tertiary/aromatic N) is 3. The van der Waals surface area contributed by atoms with Gasteiger partial charge in [0.25, 0.3) is 0 Å². The summed E-state index contributed by atoms with van der Waals surface area (Å²) in [6, 6.07) is 12.3. The molecule has 2 aromatic heterocycles. The van der Waals surface area contributed by atoms with Crippen molar-refractivity contribution < 1.29 is 14.7 Å². The highest BCUT2D eigenvalue weighted by molar-refractivity contribution is 7.19. The molecule has 1 aliphatic heterocycles. The van der Waals surface area contributed by atoms with Gasteiger partial charge >= 0.3 is 12.0 Å². The monoisotopic (exact) mass is 420 g/mol. The second-order valence-corrected chi connectivity index (χ2v) is 7.92. The zero-order valence-electron chi connectivity index (χ0n) is 16.1. The van der Waals surface area contributed by atoms with E-state index in [9.17, 15) is 9.59 Å². The molecule has 7 nitrogen and oxygen atoms in total. The Morgan fingerprint density at radius 3 is 2.50 bits per heavy atom. The molecule has 30 heavy (non-hydrogen) atoms. The minimum absolute atomic E-state index is 0.158. The van der Waals surface area contributed by atoms with Crippen molar-refractivity contribution in [1.29, 1.82) is 0 Å². The quantitative estimate of drug-likeness (QED) is 0.642. The fourth-order valence-electron chi connectivity index (χ4n) is 3.22. The number of pyridine rings is 1. The van der Waals surface area contributed by atoms with Crippen LogP contribution in [0.25, 0.3) is 16.5 Å². The smallest absolute Gasteiger partial charge is 0.335 e. The van der Waals surface area contributed by atoms with E-state index in [1.807, 2.05) is 18.2 Å². The van der Waals surface area contributed by atoms with Crippen LogP contribution >= 0.6 is 11.3 Å². The van der Waals surface area contributed by atoms with Crippen LogP contribution in [0.15, 0.2) is 60.4 Å². The van der Waals surface area contributed by atoms with Gasteiger partial charge in [-0.05, 0) is 48.7 Å². The molecule has 1 aliphatic rings. The minimum atomic E-state index is -0.960. The summed E-state index contributed by atoms with van der Waals surface area (Å²) in [7, 11) is 0. The largest absolute Gasteiger partial charge is 0.478 e. The van der Waals surface area contributed by atoms with Crippen molar-refractivity contribution in [2.45, 2.75) is 12.8 Å². The number of amides is 2. The molecule has 0 spiro atoms. The maximum Gasteiger partial charge on any atom is 0.335 e. The van der Waals surface area contributed by atoms with Crippen LogP contribution in [0.2, 0.25) is 0 Å². The molecule has 3 heterocycles. The minimum Gasteiger partial charge on any atom is -0.478 e. The zero-order chi connectivity index (χ0) is 20.9. The van der Waals surface area contributed by atoms with E-state index in [4.69, 9.17) is 5.11 Å². The van der Waals surface area contributed by atoms with E-state index < -0.39 is 5.97 Å². The Balaban J connectivity index is 1.34. The van der Waals surface area contributed by atoms with E-state index in [2.05, 4.69) is 21.4 Å². The number of hydrogen-bond acceptors (Lipinski definition) is 5. The van der Waals surface area contributed by atoms with Crippen molar-refractivity contribution >= 4 is 34.5 Å². The molecule has 0 aliphatic carbocycles. The van der Waals surface area contributed by atoms with Crippen LogP contribution in [-0.2, 0) is 0 Å². The van der Waals surface area contributed by atoms with Gasteiger partial charge in [0.15, 0.2) is 5.13 Å². The number of piperidine rings is 1. The highest BCUT2D eigenvalue weighted by Gasteiger charge is 2.20. The summed E-state index contributed by atoms with van der Waals surface area (Å²) in [6.45, 7) is 1.30. The maximum absolute atomic E-state index is 12.6. The highest BCUT2D eigenvalue weighted by atomic mass is 32.1. The number of thiazole rings is 1. The average molecular weight is 420 g/mol. The first-order valence-electron chi connectivity index (χ1n) is 9.54. The Bertz CT molecular complexity index is 1070. The Hall–Kier alpha value is -3.52. The summed E-state index contributed by atoms with van der Waals surface area (Å²) >= 11 is 1.36. The van der Waals surface area contributed by atoms with Crippen molar-refractivity contribution in [2.75, 3.05) is 18.4 Å². The lowest BCUT2D eigenvalue weighted by Gasteiger charge is -2.28. The van der Waals surface area contributed by atoms with E-state index in [0.717, 1.165) is 29.0 Å². The van der Waals surface area contributed by atoms with Gasteiger partial charge in [-0.3, -0.25) is 10.3 Å². The van der Waals surface area contributed by atoms with Gasteiger partial charge in [0.05, 0.1) is 16.1 Å². The summed E-state index contributed by atoms with van der Waals surface area (Å²) in [5.74, 6) is -0.960. The number of anilines is 1. The van der Waals surface area contributed by atoms with E-state index in [0.29, 0.717) is 18.2 Å². The summed E-state index contributed by atoms with van der Waals surface area (Å²) in [4.78, 5) is 34.8. The van der Waals surface area contributed by atoms with Gasteiger partial charge in [0, 0.05) is 25.5 Å². The summed E-state index contributed by atoms with van der Waals surface area (Å²) in [6.07, 6.45) is 7.20. The van der Waals surface area contributed by atoms with E-state index in [-0.39, 0.29) is 11.6 Å². The first-order valence-corrected chi connectivity index (χ1v) is 10.4. The Morgan fingerprint density at radius 2 is 1.83 bits per heavy atom. The number of hydrogen-bond donors (Lipinski definition) is 2. The molecule has 4 rings (SSSR count). The molecule has 3 aromatic rings. The normalized spacial score (nSPS) is 13.7. The second kappa shape index (κ2) is 8.87. The van der Waals surface area contributed by atoms with Crippen LogP contribution in [0, 0.1) is 0 Å². The predicted octanol–water partition coefficient (Wildman–Crippen LogP) is 4.61. The number of aromatic carboxylic acids is 1. The van der Waals surface area contributed by atoms with Gasteiger partial charge in [0.1, 0.15) is 0 Å². The summed E-state index contributed by atoms with van der Waals surface area (Å²) in [5, 5.41) is 12.4. The predicted molar refractivity (Wildman–Crippen MR) is 117 cm³/mol. The first-order chi connectivity index (χ1) is 14.6. The standard InChI is InChI=1S/C22H20N4O3S/c27-20(28)17-6-4-16(5-7-17)19-14-24-21(30-19)25-22(29)26-11-8-15(9-12-26)13-18-3-1-2-10-23-18/h1-7,10,13-14H,8-9,11-12H2,(H,27,28)(H,24,25,29). The number of carboxylic acids is 1. The Labute approximate surface area is 177 Å². The van der Waals surface area contributed by atoms with Crippen molar-refractivity contribution in [3.8, 4) is 10.4 Å². The van der Waals surface area contributed by atoms with E-state index >= 15 is 0 Å². The fraction of sp³-hybridized carbons (Fsp3) is 0.182. The van der Waals surface area contributed by atoms with Crippen molar-refractivity contribution in [3.05, 3.63) is 71.7 Å². The molecule has 0 radical (unpaired) electrons. The van der Waals surface area contributed by atoms with Crippen LogP contribution in [0.1, 0.15) is 28.9 Å². The molecule has 1 fully saturated rings. The van der Waals surface area contributed by atoms with Gasteiger partial charge in [-0.1, -0.05) is 35.1 Å². The van der Waals surface area contributed by atoms with Crippen LogP contribution < -0.4 is 5.32 Å². The molecule has 0 bridgehead atoms. The summed E-state index contributed by atoms with van der Waals surface area (Å²) < 4.78 is 0. The van der Waals surface area contributed by atoms with Crippen LogP contribution in [0.5, 0.6) is 0 Å². The molecule has 8 heteroatoms. The van der Waals surface area contributed by atoms with Gasteiger partial charge in [-0.25, -0.2) is 14.6 Å². The molecule has 0 unspecified atom stereocenters. The number of urea groups is 1. The third kappa shape index (κ3) is 4.72. The first kappa shape index (κ1) is 19.8. The number of benzene rings is 1. The van der Waals surface area contributed by atoms with E-state index in [1.54, 1.807) is 41.6 Å². The molecule has 2 amide bonds. The molecule has 1 saturated heterocycles. The summed E-state index contributed by atoms with van der Waals surface area (Å²) in [5.41, 5.74) is 3.33. The lowest BCUT2D eigenvalue weighted by atomic mass is 10.0. The number of nitrogens with one attached hydrogen (secondary N) is 1. The second-order valence-electron chi connectivity index (χ2n) is 6.89. The number of aromatic nitrogens is 2. The average Bonchev–Trinajstić information content (AvgIpc) is 3.23. The number of rotatable bonds is 4. The molecule has 1 aromatic carbocycles. The molecule has 0 saturated carbocycles. The molecule has 0 atom stereocenters. The van der Waals surface area contributed by atoms with E-state index in [1.165, 1.54) is 16.9 Å². The SMILES string of the molecule is O=C(O)c1ccc(-c2cnc(NC(=O)N3CCC(=Cc4ccccn4)CC3)s2)cc1. The lowest BCUT2D eigenvalue weighted by molar-refractivity contribution is 0.0697. The molecule has 2 N–H and O–H groups in total. The van der Waals surface area contributed by atoms with Crippen molar-refractivity contribution in [1.82, 2.24) is 14.9 Å². The van der Waals surface area contributed by atoms with Crippen LogP contribution in [-0.4, -0.2) is 45.1 Å². The fourth-order valence-corrected chi connectivity index (χ4v) is 4.04. The van der Waals surface area contributed by atoms with Crippen molar-refractivity contribution in [3.63, 3.8) is 0 Å². The van der Waals surface area contributed by atoms with Gasteiger partial charge in [-0.15, -0.1) is 0 Å². The Kier molecular flexibility index (Phi) is 5.85. The highest BCUT2D eigenvalue weighted by Crippen LogP contribution is 2.29. The molecular formula is C22H20N4O3S. The third-order valence-corrected chi connectivity index (χ3v) is 5.83. The van der Waals surface area contributed by atoms with Gasteiger partial charge in [-0.2, -0.15) is 0 Å². The number of carbonyl (C=O) groups is 2. The van der Waals surface area contributed by atoms with Gasteiger partial charge < -0.3 is 10.0 Å². The maximum atomic E-state index is 12.6. The molecule has 152 valence electrons. The number of carboxylic acid groups (broad SMARTS) is 1. The van der Waals surface area contributed by atoms with Gasteiger partial charge in [0.2, 0.25) is 0 Å². The third-order valence-electron chi connectivity index (χ3n) is 4.87. The van der Waals surface area contributed by atoms with Crippen LogP contribution in [0.4, 0.5) is 9.93 Å². The Morgan fingerprint density at radius 1 is 1.07 bits per heavy atom. The zero-order valence-corrected chi connectivity index (χ0v) is 16.9. The number of carbonyl (C=O) groups excluding carboxylic acids is 1. The topological polar surface area (TPSA) is 95.4 Å². The number of likely N-dealkylation sites (tertiary alicyclic amines) is 1. The van der Waals surface area contributed by atoms with Crippen molar-refractivity contribution in [2.24, 2.45) is 0 Å². The lowest BCUT2D eigenvalue weighted by Crippen LogP contribution is -2.39. The van der Waals surface area contributed by atoms with Crippen LogP contribution in [0.3, 0.4) is 0 Å².